The van der Waals surface area contributed by atoms with Gasteiger partial charge in [-0.05, 0) is 45.2 Å². The Morgan fingerprint density at radius 1 is 1.36 bits per heavy atom. The van der Waals surface area contributed by atoms with Gasteiger partial charge >= 0.3 is 0 Å². The monoisotopic (exact) mass is 300 g/mol. The zero-order valence-corrected chi connectivity index (χ0v) is 13.4. The summed E-state index contributed by atoms with van der Waals surface area (Å²) in [6.07, 6.45) is 4.21. The van der Waals surface area contributed by atoms with Crippen molar-refractivity contribution in [1.82, 2.24) is 0 Å². The predicted molar refractivity (Wildman–Crippen MR) is 86.6 cm³/mol. The first-order valence-corrected chi connectivity index (χ1v) is 7.99. The summed E-state index contributed by atoms with van der Waals surface area (Å²) in [5.41, 5.74) is 2.02. The molecule has 4 heteroatoms. The number of rotatable bonds is 6. The van der Waals surface area contributed by atoms with Gasteiger partial charge in [-0.25, -0.2) is 0 Å². The van der Waals surface area contributed by atoms with Crippen LogP contribution < -0.4 is 4.90 Å². The van der Waals surface area contributed by atoms with Crippen molar-refractivity contribution in [2.45, 2.75) is 58.2 Å². The Bertz CT molecular complexity index is 533. The lowest BCUT2D eigenvalue weighted by Gasteiger charge is -2.23. The molecule has 0 spiro atoms. The van der Waals surface area contributed by atoms with E-state index in [0.29, 0.717) is 25.5 Å². The van der Waals surface area contributed by atoms with Crippen LogP contribution in [0.25, 0.3) is 0 Å². The van der Waals surface area contributed by atoms with E-state index in [1.54, 1.807) is 4.90 Å². The van der Waals surface area contributed by atoms with Gasteiger partial charge in [0.1, 0.15) is 0 Å². The maximum absolute atomic E-state index is 12.5. The van der Waals surface area contributed by atoms with Gasteiger partial charge in [-0.1, -0.05) is 17.7 Å². The third kappa shape index (κ3) is 4.57. The van der Waals surface area contributed by atoms with E-state index in [9.17, 15) is 4.79 Å². The van der Waals surface area contributed by atoms with Crippen LogP contribution in [0.5, 0.6) is 0 Å². The molecule has 4 nitrogen and oxygen atoms in total. The van der Waals surface area contributed by atoms with Crippen molar-refractivity contribution in [2.24, 2.45) is 0 Å². The first-order chi connectivity index (χ1) is 10.6. The zero-order valence-electron chi connectivity index (χ0n) is 13.4. The van der Waals surface area contributed by atoms with Gasteiger partial charge in [0.25, 0.3) is 0 Å². The van der Waals surface area contributed by atoms with Crippen LogP contribution in [0.4, 0.5) is 5.69 Å². The molecule has 0 unspecified atom stereocenters. The number of amides is 1. The molecule has 1 saturated heterocycles. The Morgan fingerprint density at radius 2 is 2.09 bits per heavy atom. The van der Waals surface area contributed by atoms with Gasteiger partial charge in [-0.3, -0.25) is 4.79 Å². The summed E-state index contributed by atoms with van der Waals surface area (Å²) in [5.74, 6) is 0.0715. The van der Waals surface area contributed by atoms with E-state index in [4.69, 9.17) is 10.00 Å². The zero-order chi connectivity index (χ0) is 15.9. The minimum atomic E-state index is 0.0715. The standard InChI is InChI=1S/C18H24N2O2/c1-14-4-7-16(8-5-14)20(13-3-12-19)18(21)11-10-17-9-6-15(2)22-17/h4-5,7-8,15,17H,3,6,9-11,13H2,1-2H3/t15-,17-/m0/s1. The number of anilines is 1. The lowest BCUT2D eigenvalue weighted by molar-refractivity contribution is -0.119. The summed E-state index contributed by atoms with van der Waals surface area (Å²) in [7, 11) is 0. The SMILES string of the molecule is Cc1ccc(N(CCC#N)C(=O)CC[C@@H]2CC[C@H](C)O2)cc1. The predicted octanol–water partition coefficient (Wildman–Crippen LogP) is 3.59. The van der Waals surface area contributed by atoms with Crippen LogP contribution in [0.1, 0.15) is 44.6 Å². The number of nitrogens with zero attached hydrogens (tertiary/aromatic N) is 2. The maximum atomic E-state index is 12.5. The fourth-order valence-corrected chi connectivity index (χ4v) is 2.80. The van der Waals surface area contributed by atoms with Gasteiger partial charge < -0.3 is 9.64 Å². The Balaban J connectivity index is 1.96. The maximum Gasteiger partial charge on any atom is 0.227 e. The highest BCUT2D eigenvalue weighted by Crippen LogP contribution is 2.24. The van der Waals surface area contributed by atoms with E-state index in [0.717, 1.165) is 30.5 Å². The molecule has 1 heterocycles. The Hall–Kier alpha value is -1.86. The Labute approximate surface area is 132 Å². The number of nitriles is 1. The van der Waals surface area contributed by atoms with Gasteiger partial charge in [-0.2, -0.15) is 5.26 Å². The summed E-state index contributed by atoms with van der Waals surface area (Å²) in [6, 6.07) is 9.98. The molecular formula is C18H24N2O2. The van der Waals surface area contributed by atoms with E-state index >= 15 is 0 Å². The van der Waals surface area contributed by atoms with Crippen LogP contribution in [0.3, 0.4) is 0 Å². The molecule has 1 aromatic rings. The number of hydrogen-bond acceptors (Lipinski definition) is 3. The minimum Gasteiger partial charge on any atom is -0.375 e. The van der Waals surface area contributed by atoms with Crippen LogP contribution in [-0.2, 0) is 9.53 Å². The van der Waals surface area contributed by atoms with E-state index < -0.39 is 0 Å². The molecule has 1 aliphatic rings. The van der Waals surface area contributed by atoms with Crippen LogP contribution in [-0.4, -0.2) is 24.7 Å². The second-order valence-electron chi connectivity index (χ2n) is 5.97. The molecule has 0 aromatic heterocycles. The number of hydrogen-bond donors (Lipinski definition) is 0. The Kier molecular flexibility index (Phi) is 5.97. The first kappa shape index (κ1) is 16.5. The number of carbonyl (C=O) groups excluding carboxylic acids is 1. The number of benzene rings is 1. The Morgan fingerprint density at radius 3 is 2.68 bits per heavy atom. The largest absolute Gasteiger partial charge is 0.375 e. The molecule has 0 N–H and O–H groups in total. The lowest BCUT2D eigenvalue weighted by atomic mass is 10.1. The molecule has 1 amide bonds. The molecule has 1 aliphatic heterocycles. The van der Waals surface area contributed by atoms with Gasteiger partial charge in [0, 0.05) is 18.7 Å². The third-order valence-electron chi connectivity index (χ3n) is 4.09. The summed E-state index contributed by atoms with van der Waals surface area (Å²) in [6.45, 7) is 4.54. The second kappa shape index (κ2) is 7.95. The smallest absolute Gasteiger partial charge is 0.227 e. The van der Waals surface area contributed by atoms with Gasteiger partial charge in [-0.15, -0.1) is 0 Å². The van der Waals surface area contributed by atoms with Crippen LogP contribution >= 0.6 is 0 Å². The topological polar surface area (TPSA) is 53.3 Å². The molecule has 0 aliphatic carbocycles. The van der Waals surface area contributed by atoms with Crippen LogP contribution in [0, 0.1) is 18.3 Å². The minimum absolute atomic E-state index is 0.0715. The first-order valence-electron chi connectivity index (χ1n) is 7.99. The lowest BCUT2D eigenvalue weighted by Crippen LogP contribution is -2.32. The normalized spacial score (nSPS) is 20.6. The van der Waals surface area contributed by atoms with Crippen molar-refractivity contribution in [1.29, 1.82) is 5.26 Å². The highest BCUT2D eigenvalue weighted by Gasteiger charge is 2.24. The van der Waals surface area contributed by atoms with E-state index in [-0.39, 0.29) is 12.0 Å². The van der Waals surface area contributed by atoms with Gasteiger partial charge in [0.2, 0.25) is 5.91 Å². The molecule has 2 atom stereocenters. The molecule has 22 heavy (non-hydrogen) atoms. The summed E-state index contributed by atoms with van der Waals surface area (Å²) in [5, 5.41) is 8.81. The summed E-state index contributed by atoms with van der Waals surface area (Å²) in [4.78, 5) is 14.3. The molecule has 0 bridgehead atoms. The summed E-state index contributed by atoms with van der Waals surface area (Å²) >= 11 is 0. The van der Waals surface area contributed by atoms with Crippen molar-refractivity contribution in [3.63, 3.8) is 0 Å². The quantitative estimate of drug-likeness (QED) is 0.806. The molecule has 118 valence electrons. The van der Waals surface area contributed by atoms with Gasteiger partial charge in [0.05, 0.1) is 24.7 Å². The van der Waals surface area contributed by atoms with Crippen LogP contribution in [0.2, 0.25) is 0 Å². The molecule has 1 fully saturated rings. The van der Waals surface area contributed by atoms with E-state index in [1.165, 1.54) is 0 Å². The fraction of sp³-hybridized carbons (Fsp3) is 0.556. The third-order valence-corrected chi connectivity index (χ3v) is 4.09. The van der Waals surface area contributed by atoms with Crippen LogP contribution in [0.15, 0.2) is 24.3 Å². The highest BCUT2D eigenvalue weighted by molar-refractivity contribution is 5.93. The second-order valence-corrected chi connectivity index (χ2v) is 5.97. The number of aryl methyl sites for hydroxylation is 1. The highest BCUT2D eigenvalue weighted by atomic mass is 16.5. The summed E-state index contributed by atoms with van der Waals surface area (Å²) < 4.78 is 5.77. The van der Waals surface area contributed by atoms with Crippen molar-refractivity contribution in [2.75, 3.05) is 11.4 Å². The number of carbonyl (C=O) groups is 1. The molecular weight excluding hydrogens is 276 g/mol. The average Bonchev–Trinajstić information content (AvgIpc) is 2.93. The molecule has 0 radical (unpaired) electrons. The van der Waals surface area contributed by atoms with E-state index in [1.807, 2.05) is 31.2 Å². The van der Waals surface area contributed by atoms with Crippen molar-refractivity contribution in [3.8, 4) is 6.07 Å². The molecule has 1 aromatic carbocycles. The van der Waals surface area contributed by atoms with Gasteiger partial charge in [0.15, 0.2) is 0 Å². The fourth-order valence-electron chi connectivity index (χ4n) is 2.80. The van der Waals surface area contributed by atoms with Crippen molar-refractivity contribution < 1.29 is 9.53 Å². The van der Waals surface area contributed by atoms with Crippen molar-refractivity contribution >= 4 is 11.6 Å². The average molecular weight is 300 g/mol. The molecule has 2 rings (SSSR count). The molecule has 0 saturated carbocycles. The number of ether oxygens (including phenoxy) is 1. The van der Waals surface area contributed by atoms with E-state index in [2.05, 4.69) is 13.0 Å². The van der Waals surface area contributed by atoms with Crippen molar-refractivity contribution in [3.05, 3.63) is 29.8 Å².